The molecule has 0 saturated carbocycles. The van der Waals surface area contributed by atoms with Gasteiger partial charge in [-0.05, 0) is 30.3 Å². The van der Waals surface area contributed by atoms with Crippen molar-refractivity contribution in [1.29, 1.82) is 0 Å². The summed E-state index contributed by atoms with van der Waals surface area (Å²) in [6.07, 6.45) is 4.23. The van der Waals surface area contributed by atoms with Crippen LogP contribution in [0, 0.1) is 0 Å². The Kier molecular flexibility index (Phi) is 4.40. The minimum atomic E-state index is -0.685. The van der Waals surface area contributed by atoms with Crippen LogP contribution in [0.15, 0.2) is 47.1 Å². The van der Waals surface area contributed by atoms with Crippen LogP contribution < -0.4 is 5.32 Å². The van der Waals surface area contributed by atoms with Crippen LogP contribution in [0.3, 0.4) is 0 Å². The van der Waals surface area contributed by atoms with Gasteiger partial charge in [0.15, 0.2) is 5.75 Å². The SMILES string of the molecule is COC(=O)c1cccc(NC(=O)/C=C/c2ccco2)c1O. The van der Waals surface area contributed by atoms with Gasteiger partial charge in [0.05, 0.1) is 19.1 Å². The molecule has 0 aliphatic heterocycles. The van der Waals surface area contributed by atoms with Crippen molar-refractivity contribution in [3.05, 3.63) is 54.0 Å². The molecule has 1 aromatic carbocycles. The van der Waals surface area contributed by atoms with E-state index in [1.807, 2.05) is 0 Å². The maximum Gasteiger partial charge on any atom is 0.341 e. The quantitative estimate of drug-likeness (QED) is 0.512. The summed E-state index contributed by atoms with van der Waals surface area (Å²) >= 11 is 0. The fourth-order valence-electron chi connectivity index (χ4n) is 1.64. The molecule has 6 heteroatoms. The number of phenolic OH excluding ortho intramolecular Hbond substituents is 1. The molecule has 0 aliphatic rings. The molecule has 1 heterocycles. The summed E-state index contributed by atoms with van der Waals surface area (Å²) < 4.78 is 9.58. The van der Waals surface area contributed by atoms with Crippen molar-refractivity contribution < 1.29 is 23.8 Å². The molecule has 21 heavy (non-hydrogen) atoms. The van der Waals surface area contributed by atoms with Gasteiger partial charge in [-0.25, -0.2) is 4.79 Å². The first-order valence-corrected chi connectivity index (χ1v) is 6.04. The average molecular weight is 287 g/mol. The summed E-state index contributed by atoms with van der Waals surface area (Å²) in [6, 6.07) is 7.79. The third-order valence-corrected chi connectivity index (χ3v) is 2.64. The van der Waals surface area contributed by atoms with Crippen LogP contribution >= 0.6 is 0 Å². The van der Waals surface area contributed by atoms with E-state index in [-0.39, 0.29) is 17.0 Å². The maximum absolute atomic E-state index is 11.7. The van der Waals surface area contributed by atoms with E-state index in [1.54, 1.807) is 12.1 Å². The topological polar surface area (TPSA) is 88.8 Å². The second kappa shape index (κ2) is 6.42. The molecular formula is C15H13NO5. The van der Waals surface area contributed by atoms with Crippen LogP contribution in [-0.2, 0) is 9.53 Å². The van der Waals surface area contributed by atoms with E-state index in [0.717, 1.165) is 0 Å². The standard InChI is InChI=1S/C15H13NO5/c1-20-15(19)11-5-2-6-12(14(11)18)16-13(17)8-7-10-4-3-9-21-10/h2-9,18H,1H3,(H,16,17)/b8-7+. The third-order valence-electron chi connectivity index (χ3n) is 2.64. The Morgan fingerprint density at radius 1 is 1.29 bits per heavy atom. The van der Waals surface area contributed by atoms with E-state index in [1.165, 1.54) is 43.7 Å². The summed E-state index contributed by atoms with van der Waals surface area (Å²) in [4.78, 5) is 23.2. The minimum absolute atomic E-state index is 0.0229. The summed E-state index contributed by atoms with van der Waals surface area (Å²) in [5.74, 6) is -0.972. The normalized spacial score (nSPS) is 10.5. The highest BCUT2D eigenvalue weighted by Crippen LogP contribution is 2.27. The number of aromatic hydroxyl groups is 1. The van der Waals surface area contributed by atoms with Gasteiger partial charge in [0, 0.05) is 6.08 Å². The number of nitrogens with one attached hydrogen (secondary N) is 1. The van der Waals surface area contributed by atoms with Gasteiger partial charge >= 0.3 is 5.97 Å². The van der Waals surface area contributed by atoms with Gasteiger partial charge in [-0.3, -0.25) is 4.79 Å². The van der Waals surface area contributed by atoms with Crippen LogP contribution in [-0.4, -0.2) is 24.1 Å². The molecule has 0 atom stereocenters. The Balaban J connectivity index is 2.12. The van der Waals surface area contributed by atoms with Crippen LogP contribution in [0.4, 0.5) is 5.69 Å². The van der Waals surface area contributed by atoms with Gasteiger partial charge in [0.2, 0.25) is 5.91 Å². The molecule has 0 unspecified atom stereocenters. The lowest BCUT2D eigenvalue weighted by molar-refractivity contribution is -0.111. The summed E-state index contributed by atoms with van der Waals surface area (Å²) in [5, 5.41) is 12.4. The summed E-state index contributed by atoms with van der Waals surface area (Å²) in [7, 11) is 1.21. The zero-order valence-electron chi connectivity index (χ0n) is 11.2. The molecule has 2 N–H and O–H groups in total. The predicted octanol–water partition coefficient (Wildman–Crippen LogP) is 2.42. The number of para-hydroxylation sites is 1. The molecule has 2 aromatic rings. The molecule has 0 fully saturated rings. The number of hydrogen-bond donors (Lipinski definition) is 2. The van der Waals surface area contributed by atoms with E-state index in [0.29, 0.717) is 5.76 Å². The number of furan rings is 1. The van der Waals surface area contributed by atoms with E-state index < -0.39 is 11.9 Å². The Labute approximate surface area is 120 Å². The van der Waals surface area contributed by atoms with Gasteiger partial charge in [0.1, 0.15) is 11.3 Å². The number of benzene rings is 1. The molecule has 0 bridgehead atoms. The summed E-state index contributed by atoms with van der Waals surface area (Å²) in [5.41, 5.74) is 0.0947. The summed E-state index contributed by atoms with van der Waals surface area (Å²) in [6.45, 7) is 0. The molecule has 0 aliphatic carbocycles. The lowest BCUT2D eigenvalue weighted by Crippen LogP contribution is -2.09. The number of carbonyl (C=O) groups is 2. The highest BCUT2D eigenvalue weighted by molar-refractivity contribution is 6.04. The number of amides is 1. The Morgan fingerprint density at radius 3 is 2.76 bits per heavy atom. The smallest absolute Gasteiger partial charge is 0.341 e. The van der Waals surface area contributed by atoms with Crippen molar-refractivity contribution in [3.63, 3.8) is 0 Å². The van der Waals surface area contributed by atoms with E-state index in [2.05, 4.69) is 10.1 Å². The van der Waals surface area contributed by atoms with E-state index >= 15 is 0 Å². The first kappa shape index (κ1) is 14.4. The third kappa shape index (κ3) is 3.50. The maximum atomic E-state index is 11.7. The van der Waals surface area contributed by atoms with Crippen molar-refractivity contribution >= 4 is 23.6 Å². The first-order chi connectivity index (χ1) is 10.1. The molecule has 108 valence electrons. The van der Waals surface area contributed by atoms with Crippen LogP contribution in [0.2, 0.25) is 0 Å². The average Bonchev–Trinajstić information content (AvgIpc) is 3.00. The number of ether oxygens (including phenoxy) is 1. The monoisotopic (exact) mass is 287 g/mol. The van der Waals surface area contributed by atoms with E-state index in [9.17, 15) is 14.7 Å². The first-order valence-electron chi connectivity index (χ1n) is 6.04. The van der Waals surface area contributed by atoms with Crippen molar-refractivity contribution in [3.8, 4) is 5.75 Å². The van der Waals surface area contributed by atoms with Crippen molar-refractivity contribution in [2.75, 3.05) is 12.4 Å². The number of anilines is 1. The fourth-order valence-corrected chi connectivity index (χ4v) is 1.64. The van der Waals surface area contributed by atoms with Gasteiger partial charge in [-0.15, -0.1) is 0 Å². The van der Waals surface area contributed by atoms with E-state index in [4.69, 9.17) is 4.42 Å². The lowest BCUT2D eigenvalue weighted by atomic mass is 10.1. The number of rotatable bonds is 4. The predicted molar refractivity (Wildman–Crippen MR) is 75.8 cm³/mol. The zero-order chi connectivity index (χ0) is 15.2. The van der Waals surface area contributed by atoms with Gasteiger partial charge in [0.25, 0.3) is 0 Å². The molecule has 1 amide bonds. The molecule has 0 spiro atoms. The molecule has 6 nitrogen and oxygen atoms in total. The largest absolute Gasteiger partial charge is 0.505 e. The molecule has 0 radical (unpaired) electrons. The Bertz CT molecular complexity index is 673. The number of methoxy groups -OCH3 is 1. The fraction of sp³-hybridized carbons (Fsp3) is 0.0667. The zero-order valence-corrected chi connectivity index (χ0v) is 11.2. The van der Waals surface area contributed by atoms with Crippen LogP contribution in [0.25, 0.3) is 6.08 Å². The lowest BCUT2D eigenvalue weighted by Gasteiger charge is -2.08. The van der Waals surface area contributed by atoms with Gasteiger partial charge in [-0.2, -0.15) is 0 Å². The second-order valence-electron chi connectivity index (χ2n) is 4.03. The molecule has 1 aromatic heterocycles. The van der Waals surface area contributed by atoms with Crippen molar-refractivity contribution in [2.45, 2.75) is 0 Å². The van der Waals surface area contributed by atoms with Crippen LogP contribution in [0.1, 0.15) is 16.1 Å². The minimum Gasteiger partial charge on any atom is -0.505 e. The Hall–Kier alpha value is -3.02. The number of phenols is 1. The van der Waals surface area contributed by atoms with Crippen molar-refractivity contribution in [1.82, 2.24) is 0 Å². The molecule has 0 saturated heterocycles. The highest BCUT2D eigenvalue weighted by atomic mass is 16.5. The molecular weight excluding hydrogens is 274 g/mol. The molecule has 2 rings (SSSR count). The Morgan fingerprint density at radius 2 is 2.10 bits per heavy atom. The highest BCUT2D eigenvalue weighted by Gasteiger charge is 2.15. The number of hydrogen-bond acceptors (Lipinski definition) is 5. The van der Waals surface area contributed by atoms with Gasteiger partial charge in [-0.1, -0.05) is 6.07 Å². The van der Waals surface area contributed by atoms with Crippen molar-refractivity contribution in [2.24, 2.45) is 0 Å². The van der Waals surface area contributed by atoms with Crippen LogP contribution in [0.5, 0.6) is 5.75 Å². The number of carbonyl (C=O) groups excluding carboxylic acids is 2. The number of esters is 1. The second-order valence-corrected chi connectivity index (χ2v) is 4.03. The van der Waals surface area contributed by atoms with Gasteiger partial charge < -0.3 is 19.6 Å².